The fourth-order valence-corrected chi connectivity index (χ4v) is 2.18. The van der Waals surface area contributed by atoms with Gasteiger partial charge in [0, 0.05) is 26.9 Å². The molecule has 0 atom stereocenters. The SMILES string of the molecule is CC(=O)N(c1ccc(Cl)cc1)c1ccc(I)cc1. The van der Waals surface area contributed by atoms with Gasteiger partial charge >= 0.3 is 0 Å². The van der Waals surface area contributed by atoms with Gasteiger partial charge in [0.15, 0.2) is 0 Å². The summed E-state index contributed by atoms with van der Waals surface area (Å²) in [5, 5.41) is 0.657. The van der Waals surface area contributed by atoms with Crippen molar-refractivity contribution in [3.8, 4) is 0 Å². The summed E-state index contributed by atoms with van der Waals surface area (Å²) in [6, 6.07) is 15.0. The second-order valence-electron chi connectivity index (χ2n) is 3.81. The largest absolute Gasteiger partial charge is 0.281 e. The lowest BCUT2D eigenvalue weighted by Crippen LogP contribution is -2.22. The lowest BCUT2D eigenvalue weighted by molar-refractivity contribution is -0.115. The first-order chi connectivity index (χ1) is 8.58. The Morgan fingerprint density at radius 3 is 1.89 bits per heavy atom. The van der Waals surface area contributed by atoms with E-state index < -0.39 is 0 Å². The fourth-order valence-electron chi connectivity index (χ4n) is 1.69. The Morgan fingerprint density at radius 2 is 1.44 bits per heavy atom. The van der Waals surface area contributed by atoms with E-state index in [2.05, 4.69) is 22.6 Å². The summed E-state index contributed by atoms with van der Waals surface area (Å²) in [5.74, 6) is -0.0291. The topological polar surface area (TPSA) is 20.3 Å². The Bertz CT molecular complexity index is 506. The molecule has 0 aliphatic carbocycles. The number of hydrogen-bond donors (Lipinski definition) is 0. The molecule has 0 saturated carbocycles. The van der Waals surface area contributed by atoms with Crippen LogP contribution in [0.15, 0.2) is 48.5 Å². The van der Waals surface area contributed by atoms with Crippen molar-refractivity contribution in [3.63, 3.8) is 0 Å². The number of rotatable bonds is 2. The number of carbonyl (C=O) groups excluding carboxylic acids is 1. The van der Waals surface area contributed by atoms with Gasteiger partial charge in [-0.3, -0.25) is 9.69 Å². The summed E-state index contributed by atoms with van der Waals surface area (Å²) >= 11 is 8.09. The minimum Gasteiger partial charge on any atom is -0.281 e. The van der Waals surface area contributed by atoms with Gasteiger partial charge in [-0.1, -0.05) is 11.6 Å². The summed E-state index contributed by atoms with van der Waals surface area (Å²) in [7, 11) is 0. The first kappa shape index (κ1) is 13.4. The molecule has 0 fully saturated rings. The maximum absolute atomic E-state index is 11.8. The maximum atomic E-state index is 11.8. The van der Waals surface area contributed by atoms with Crippen molar-refractivity contribution >= 4 is 51.5 Å². The van der Waals surface area contributed by atoms with E-state index in [0.717, 1.165) is 14.9 Å². The number of hydrogen-bond acceptors (Lipinski definition) is 1. The minimum absolute atomic E-state index is 0.0291. The monoisotopic (exact) mass is 371 g/mol. The van der Waals surface area contributed by atoms with Crippen LogP contribution in [0.3, 0.4) is 0 Å². The molecular weight excluding hydrogens is 361 g/mol. The standard InChI is InChI=1S/C14H11ClINO/c1-10(18)17(13-6-2-11(15)3-7-13)14-8-4-12(16)5-9-14/h2-9H,1H3. The number of nitrogens with zero attached hydrogens (tertiary/aromatic N) is 1. The molecule has 0 aliphatic heterocycles. The Balaban J connectivity index is 2.43. The van der Waals surface area contributed by atoms with E-state index in [-0.39, 0.29) is 5.91 Å². The van der Waals surface area contributed by atoms with Gasteiger partial charge in [-0.25, -0.2) is 0 Å². The van der Waals surface area contributed by atoms with E-state index in [1.54, 1.807) is 24.0 Å². The van der Waals surface area contributed by atoms with Gasteiger partial charge in [-0.15, -0.1) is 0 Å². The predicted octanol–water partition coefficient (Wildman–Crippen LogP) is 4.63. The highest BCUT2D eigenvalue weighted by Gasteiger charge is 2.13. The third-order valence-electron chi connectivity index (χ3n) is 2.48. The minimum atomic E-state index is -0.0291. The number of benzene rings is 2. The molecule has 0 aromatic heterocycles. The van der Waals surface area contributed by atoms with Crippen molar-refractivity contribution in [2.24, 2.45) is 0 Å². The fraction of sp³-hybridized carbons (Fsp3) is 0.0714. The molecule has 2 rings (SSSR count). The van der Waals surface area contributed by atoms with E-state index >= 15 is 0 Å². The molecule has 0 unspecified atom stereocenters. The van der Waals surface area contributed by atoms with Crippen LogP contribution in [0.5, 0.6) is 0 Å². The molecule has 2 aromatic carbocycles. The number of carbonyl (C=O) groups is 1. The average Bonchev–Trinajstić information content (AvgIpc) is 2.34. The molecule has 18 heavy (non-hydrogen) atoms. The van der Waals surface area contributed by atoms with Crippen LogP contribution < -0.4 is 4.90 Å². The molecule has 2 aromatic rings. The third kappa shape index (κ3) is 3.03. The summed E-state index contributed by atoms with van der Waals surface area (Å²) in [6.07, 6.45) is 0. The lowest BCUT2D eigenvalue weighted by atomic mass is 10.2. The molecule has 92 valence electrons. The average molecular weight is 372 g/mol. The van der Waals surface area contributed by atoms with Gasteiger partial charge in [0.25, 0.3) is 0 Å². The lowest BCUT2D eigenvalue weighted by Gasteiger charge is -2.21. The zero-order chi connectivity index (χ0) is 13.1. The molecule has 0 N–H and O–H groups in total. The third-order valence-corrected chi connectivity index (χ3v) is 3.46. The van der Waals surface area contributed by atoms with Crippen molar-refractivity contribution in [2.75, 3.05) is 4.90 Å². The first-order valence-electron chi connectivity index (χ1n) is 5.40. The Kier molecular flexibility index (Phi) is 4.24. The highest BCUT2D eigenvalue weighted by molar-refractivity contribution is 14.1. The van der Waals surface area contributed by atoms with Crippen molar-refractivity contribution < 1.29 is 4.79 Å². The zero-order valence-electron chi connectivity index (χ0n) is 9.73. The van der Waals surface area contributed by atoms with E-state index in [1.165, 1.54) is 0 Å². The summed E-state index contributed by atoms with van der Waals surface area (Å²) in [6.45, 7) is 1.55. The number of amides is 1. The molecule has 0 spiro atoms. The van der Waals surface area contributed by atoms with Gasteiger partial charge in [0.1, 0.15) is 0 Å². The van der Waals surface area contributed by atoms with Crippen molar-refractivity contribution in [3.05, 3.63) is 57.1 Å². The molecule has 0 bridgehead atoms. The Labute approximate surface area is 125 Å². The Hall–Kier alpha value is -1.07. The highest BCUT2D eigenvalue weighted by atomic mass is 127. The van der Waals surface area contributed by atoms with E-state index in [9.17, 15) is 4.79 Å². The zero-order valence-corrected chi connectivity index (χ0v) is 12.6. The van der Waals surface area contributed by atoms with Crippen LogP contribution in [-0.4, -0.2) is 5.91 Å². The highest BCUT2D eigenvalue weighted by Crippen LogP contribution is 2.27. The smallest absolute Gasteiger partial charge is 0.228 e. The maximum Gasteiger partial charge on any atom is 0.228 e. The van der Waals surface area contributed by atoms with E-state index in [4.69, 9.17) is 11.6 Å². The van der Waals surface area contributed by atoms with Crippen LogP contribution in [0.25, 0.3) is 0 Å². The van der Waals surface area contributed by atoms with Crippen LogP contribution in [0.4, 0.5) is 11.4 Å². The predicted molar refractivity (Wildman–Crippen MR) is 83.4 cm³/mol. The molecule has 0 aliphatic rings. The van der Waals surface area contributed by atoms with E-state index in [1.807, 2.05) is 36.4 Å². The molecule has 2 nitrogen and oxygen atoms in total. The van der Waals surface area contributed by atoms with Gasteiger partial charge in [-0.2, -0.15) is 0 Å². The number of halogens is 2. The van der Waals surface area contributed by atoms with Crippen LogP contribution in [0.1, 0.15) is 6.92 Å². The van der Waals surface area contributed by atoms with Gasteiger partial charge < -0.3 is 0 Å². The van der Waals surface area contributed by atoms with Crippen LogP contribution in [0, 0.1) is 3.57 Å². The van der Waals surface area contributed by atoms with Crippen molar-refractivity contribution in [2.45, 2.75) is 6.92 Å². The van der Waals surface area contributed by atoms with E-state index in [0.29, 0.717) is 5.02 Å². The second kappa shape index (κ2) is 5.71. The first-order valence-corrected chi connectivity index (χ1v) is 6.85. The van der Waals surface area contributed by atoms with Crippen LogP contribution in [-0.2, 0) is 4.79 Å². The molecule has 1 amide bonds. The quantitative estimate of drug-likeness (QED) is 0.705. The van der Waals surface area contributed by atoms with Crippen LogP contribution >= 0.6 is 34.2 Å². The van der Waals surface area contributed by atoms with Crippen LogP contribution in [0.2, 0.25) is 5.02 Å². The second-order valence-corrected chi connectivity index (χ2v) is 5.49. The van der Waals surface area contributed by atoms with Gasteiger partial charge in [0.05, 0.1) is 0 Å². The van der Waals surface area contributed by atoms with Gasteiger partial charge in [-0.05, 0) is 71.1 Å². The van der Waals surface area contributed by atoms with Crippen molar-refractivity contribution in [1.29, 1.82) is 0 Å². The van der Waals surface area contributed by atoms with Crippen molar-refractivity contribution in [1.82, 2.24) is 0 Å². The molecule has 4 heteroatoms. The summed E-state index contributed by atoms with van der Waals surface area (Å²) in [4.78, 5) is 13.5. The summed E-state index contributed by atoms with van der Waals surface area (Å²) < 4.78 is 1.14. The molecular formula is C14H11ClINO. The molecule has 0 radical (unpaired) electrons. The number of anilines is 2. The Morgan fingerprint density at radius 1 is 1.00 bits per heavy atom. The summed E-state index contributed by atoms with van der Waals surface area (Å²) in [5.41, 5.74) is 1.67. The van der Waals surface area contributed by atoms with Gasteiger partial charge in [0.2, 0.25) is 5.91 Å². The molecule has 0 saturated heterocycles. The molecule has 0 heterocycles. The normalized spacial score (nSPS) is 10.2.